The monoisotopic (exact) mass is 393 g/mol. The van der Waals surface area contributed by atoms with Gasteiger partial charge in [0.05, 0.1) is 12.7 Å². The summed E-state index contributed by atoms with van der Waals surface area (Å²) in [5, 5.41) is 10.0. The molecule has 8 heteroatoms. The second-order valence-corrected chi connectivity index (χ2v) is 6.69. The van der Waals surface area contributed by atoms with Gasteiger partial charge in [0.25, 0.3) is 0 Å². The Hall–Kier alpha value is -2.38. The van der Waals surface area contributed by atoms with Crippen molar-refractivity contribution >= 4 is 29.9 Å². The van der Waals surface area contributed by atoms with Crippen LogP contribution in [0.5, 0.6) is 0 Å². The zero-order valence-electron chi connectivity index (χ0n) is 16.7. The molecular formula is C19H28ClN5O2. The maximum atomic E-state index is 12.7. The molecule has 0 bridgehead atoms. The van der Waals surface area contributed by atoms with Crippen LogP contribution in [0, 0.1) is 20.8 Å². The molecule has 1 unspecified atom stereocenters. The molecular weight excluding hydrogens is 366 g/mol. The summed E-state index contributed by atoms with van der Waals surface area (Å²) in [6.45, 7) is 5.92. The number of anilines is 1. The van der Waals surface area contributed by atoms with Gasteiger partial charge in [0.1, 0.15) is 6.04 Å². The van der Waals surface area contributed by atoms with Crippen LogP contribution in [0.1, 0.15) is 28.3 Å². The predicted molar refractivity (Wildman–Crippen MR) is 109 cm³/mol. The number of nitrogens with zero attached hydrogens (tertiary/aromatic N) is 3. The van der Waals surface area contributed by atoms with Crippen molar-refractivity contribution in [3.63, 3.8) is 0 Å². The van der Waals surface area contributed by atoms with Gasteiger partial charge in [-0.2, -0.15) is 5.10 Å². The summed E-state index contributed by atoms with van der Waals surface area (Å²) in [6, 6.07) is 3.51. The third-order valence-electron chi connectivity index (χ3n) is 4.29. The number of rotatable bonds is 6. The van der Waals surface area contributed by atoms with Crippen LogP contribution in [0.25, 0.3) is 0 Å². The molecule has 2 rings (SSSR count). The highest BCUT2D eigenvalue weighted by Crippen LogP contribution is 2.22. The first-order valence-electron chi connectivity index (χ1n) is 8.51. The first-order chi connectivity index (χ1) is 12.2. The van der Waals surface area contributed by atoms with E-state index in [1.54, 1.807) is 38.2 Å². The van der Waals surface area contributed by atoms with Gasteiger partial charge in [-0.15, -0.1) is 12.4 Å². The fraction of sp³-hybridized carbons (Fsp3) is 0.421. The minimum Gasteiger partial charge on any atom is -0.335 e. The quantitative estimate of drug-likeness (QED) is 0.787. The van der Waals surface area contributed by atoms with Crippen molar-refractivity contribution in [1.82, 2.24) is 20.0 Å². The number of nitrogens with one attached hydrogen (secondary N) is 2. The van der Waals surface area contributed by atoms with Gasteiger partial charge in [-0.3, -0.25) is 14.3 Å². The first-order valence-corrected chi connectivity index (χ1v) is 8.51. The molecule has 27 heavy (non-hydrogen) atoms. The Kier molecular flexibility index (Phi) is 7.99. The Morgan fingerprint density at radius 3 is 2.30 bits per heavy atom. The van der Waals surface area contributed by atoms with Crippen LogP contribution in [0.15, 0.2) is 24.5 Å². The fourth-order valence-electron chi connectivity index (χ4n) is 3.09. The molecule has 7 nitrogen and oxygen atoms in total. The molecule has 0 saturated heterocycles. The molecule has 0 fully saturated rings. The maximum absolute atomic E-state index is 12.7. The molecule has 2 N–H and O–H groups in total. The average molecular weight is 394 g/mol. The van der Waals surface area contributed by atoms with Crippen molar-refractivity contribution in [2.24, 2.45) is 7.05 Å². The van der Waals surface area contributed by atoms with E-state index in [0.717, 1.165) is 27.9 Å². The highest BCUT2D eigenvalue weighted by molar-refractivity contribution is 5.96. The standard InChI is InChI=1S/C19H27N5O2.ClH/c1-12-7-13(2)17(14(3)8-12)22-16(25)11-23(5)19(26)18(20-4)15-9-21-24(6)10-15;/h7-10,18,20H,11H2,1-6H3,(H,22,25);1H. The normalized spacial score (nSPS) is 11.5. The van der Waals surface area contributed by atoms with Crippen LogP contribution in [0.3, 0.4) is 0 Å². The van der Waals surface area contributed by atoms with Crippen molar-refractivity contribution in [3.8, 4) is 0 Å². The van der Waals surface area contributed by atoms with E-state index in [1.807, 2.05) is 32.9 Å². The van der Waals surface area contributed by atoms with Crippen molar-refractivity contribution in [3.05, 3.63) is 46.8 Å². The number of aromatic nitrogens is 2. The summed E-state index contributed by atoms with van der Waals surface area (Å²) in [7, 11) is 5.13. The van der Waals surface area contributed by atoms with E-state index in [4.69, 9.17) is 0 Å². The summed E-state index contributed by atoms with van der Waals surface area (Å²) < 4.78 is 1.64. The molecule has 0 spiro atoms. The molecule has 0 saturated carbocycles. The van der Waals surface area contributed by atoms with Crippen LogP contribution < -0.4 is 10.6 Å². The van der Waals surface area contributed by atoms with Gasteiger partial charge in [0.2, 0.25) is 11.8 Å². The van der Waals surface area contributed by atoms with Gasteiger partial charge >= 0.3 is 0 Å². The Bertz CT molecular complexity index is 795. The van der Waals surface area contributed by atoms with Crippen molar-refractivity contribution < 1.29 is 9.59 Å². The number of carbonyl (C=O) groups is 2. The number of aryl methyl sites for hydroxylation is 4. The van der Waals surface area contributed by atoms with E-state index in [9.17, 15) is 9.59 Å². The van der Waals surface area contributed by atoms with Gasteiger partial charge in [-0.1, -0.05) is 17.7 Å². The number of halogens is 1. The lowest BCUT2D eigenvalue weighted by Gasteiger charge is -2.23. The topological polar surface area (TPSA) is 79.3 Å². The first kappa shape index (κ1) is 22.7. The highest BCUT2D eigenvalue weighted by Gasteiger charge is 2.25. The van der Waals surface area contributed by atoms with Crippen LogP contribution in [0.4, 0.5) is 5.69 Å². The number of likely N-dealkylation sites (N-methyl/N-ethyl adjacent to an activating group) is 2. The Morgan fingerprint density at radius 2 is 1.81 bits per heavy atom. The third-order valence-corrected chi connectivity index (χ3v) is 4.29. The van der Waals surface area contributed by atoms with E-state index in [2.05, 4.69) is 15.7 Å². The zero-order chi connectivity index (χ0) is 19.4. The van der Waals surface area contributed by atoms with E-state index in [0.29, 0.717) is 0 Å². The van der Waals surface area contributed by atoms with E-state index in [1.165, 1.54) is 4.90 Å². The molecule has 0 radical (unpaired) electrons. The lowest BCUT2D eigenvalue weighted by molar-refractivity contribution is -0.135. The number of carbonyl (C=O) groups excluding carboxylic acids is 2. The van der Waals surface area contributed by atoms with Crippen LogP contribution in [-0.4, -0.2) is 47.1 Å². The average Bonchev–Trinajstić information content (AvgIpc) is 2.97. The van der Waals surface area contributed by atoms with Crippen molar-refractivity contribution in [2.75, 3.05) is 26.0 Å². The molecule has 2 aromatic rings. The fourth-order valence-corrected chi connectivity index (χ4v) is 3.09. The largest absolute Gasteiger partial charge is 0.335 e. The third kappa shape index (κ3) is 5.55. The zero-order valence-corrected chi connectivity index (χ0v) is 17.5. The molecule has 148 valence electrons. The SMILES string of the molecule is CNC(C(=O)N(C)CC(=O)Nc1c(C)cc(C)cc1C)c1cnn(C)c1.Cl. The van der Waals surface area contributed by atoms with Gasteiger partial charge in [-0.25, -0.2) is 0 Å². The minimum atomic E-state index is -0.538. The van der Waals surface area contributed by atoms with Crippen LogP contribution >= 0.6 is 12.4 Å². The Labute approximate surface area is 166 Å². The molecule has 0 aliphatic carbocycles. The second-order valence-electron chi connectivity index (χ2n) is 6.69. The number of hydrogen-bond donors (Lipinski definition) is 2. The van der Waals surface area contributed by atoms with Gasteiger partial charge in [0, 0.05) is 31.5 Å². The second kappa shape index (κ2) is 9.53. The van der Waals surface area contributed by atoms with E-state index in [-0.39, 0.29) is 30.8 Å². The van der Waals surface area contributed by atoms with Crippen LogP contribution in [0.2, 0.25) is 0 Å². The maximum Gasteiger partial charge on any atom is 0.244 e. The predicted octanol–water partition coefficient (Wildman–Crippen LogP) is 2.12. The van der Waals surface area contributed by atoms with Gasteiger partial charge in [-0.05, 0) is 38.9 Å². The molecule has 0 aliphatic heterocycles. The smallest absolute Gasteiger partial charge is 0.244 e. The minimum absolute atomic E-state index is 0. The Morgan fingerprint density at radius 1 is 1.22 bits per heavy atom. The van der Waals surface area contributed by atoms with Gasteiger partial charge in [0.15, 0.2) is 0 Å². The molecule has 1 heterocycles. The van der Waals surface area contributed by atoms with E-state index >= 15 is 0 Å². The van der Waals surface area contributed by atoms with E-state index < -0.39 is 6.04 Å². The number of hydrogen-bond acceptors (Lipinski definition) is 4. The van der Waals surface area contributed by atoms with Crippen molar-refractivity contribution in [1.29, 1.82) is 0 Å². The Balaban J connectivity index is 0.00000364. The molecule has 1 aromatic carbocycles. The summed E-state index contributed by atoms with van der Waals surface area (Å²) in [4.78, 5) is 26.5. The molecule has 0 aliphatic rings. The molecule has 1 aromatic heterocycles. The number of benzene rings is 1. The lowest BCUT2D eigenvalue weighted by Crippen LogP contribution is -2.41. The summed E-state index contributed by atoms with van der Waals surface area (Å²) in [5.41, 5.74) is 4.73. The summed E-state index contributed by atoms with van der Waals surface area (Å²) in [6.07, 6.45) is 3.43. The molecule has 1 atom stereocenters. The number of amides is 2. The summed E-state index contributed by atoms with van der Waals surface area (Å²) >= 11 is 0. The lowest BCUT2D eigenvalue weighted by atomic mass is 10.1. The van der Waals surface area contributed by atoms with Crippen LogP contribution in [-0.2, 0) is 16.6 Å². The molecule has 2 amide bonds. The highest BCUT2D eigenvalue weighted by atomic mass is 35.5. The summed E-state index contributed by atoms with van der Waals surface area (Å²) in [5.74, 6) is -0.412. The van der Waals surface area contributed by atoms with Crippen molar-refractivity contribution in [2.45, 2.75) is 26.8 Å². The van der Waals surface area contributed by atoms with Gasteiger partial charge < -0.3 is 15.5 Å².